The largest absolute Gasteiger partial charge is 0.343 e. The predicted octanol–water partition coefficient (Wildman–Crippen LogP) is 2.45. The minimum Gasteiger partial charge on any atom is -0.343 e. The lowest BCUT2D eigenvalue weighted by molar-refractivity contribution is -0.125. The molecule has 1 aliphatic heterocycles. The number of aromatic amines is 1. The first-order chi connectivity index (χ1) is 9.28. The third kappa shape index (κ3) is 2.26. The molecule has 0 aliphatic carbocycles. The molecule has 0 aromatic carbocycles. The van der Waals surface area contributed by atoms with Crippen LogP contribution in [0.15, 0.2) is 36.5 Å². The fourth-order valence-corrected chi connectivity index (χ4v) is 2.66. The Hall–Kier alpha value is -2.10. The van der Waals surface area contributed by atoms with Crippen LogP contribution in [-0.2, 0) is 4.79 Å². The summed E-state index contributed by atoms with van der Waals surface area (Å²) in [5.74, 6) is 0.502. The number of nitrogens with zero attached hydrogens (tertiary/aromatic N) is 2. The van der Waals surface area contributed by atoms with Gasteiger partial charge in [-0.1, -0.05) is 6.08 Å². The summed E-state index contributed by atoms with van der Waals surface area (Å²) in [6, 6.07) is 6.15. The molecule has 0 bridgehead atoms. The number of hydrogen-bond donors (Lipinski definition) is 1. The number of H-pyrrole nitrogens is 1. The van der Waals surface area contributed by atoms with Gasteiger partial charge in [0, 0.05) is 36.3 Å². The van der Waals surface area contributed by atoms with E-state index >= 15 is 0 Å². The van der Waals surface area contributed by atoms with E-state index in [1.165, 1.54) is 5.69 Å². The van der Waals surface area contributed by atoms with Gasteiger partial charge in [-0.25, -0.2) is 4.98 Å². The lowest BCUT2D eigenvalue weighted by Gasteiger charge is -2.13. The molecule has 4 heteroatoms. The van der Waals surface area contributed by atoms with Gasteiger partial charge < -0.3 is 9.88 Å². The van der Waals surface area contributed by atoms with Crippen molar-refractivity contribution in [3.63, 3.8) is 0 Å². The number of aromatic nitrogens is 2. The van der Waals surface area contributed by atoms with Crippen molar-refractivity contribution in [2.75, 3.05) is 13.1 Å². The normalized spacial score (nSPS) is 19.6. The Labute approximate surface area is 112 Å². The molecule has 0 saturated carbocycles. The molecule has 1 unspecified atom stereocenters. The summed E-state index contributed by atoms with van der Waals surface area (Å²) in [5.41, 5.74) is 2.11. The van der Waals surface area contributed by atoms with E-state index in [1.807, 2.05) is 17.9 Å². The molecular formula is C15H17N3O. The molecule has 98 valence electrons. The van der Waals surface area contributed by atoms with E-state index in [4.69, 9.17) is 0 Å². The van der Waals surface area contributed by atoms with Crippen molar-refractivity contribution < 1.29 is 4.79 Å². The van der Waals surface area contributed by atoms with Crippen LogP contribution in [0.3, 0.4) is 0 Å². The fourth-order valence-electron chi connectivity index (χ4n) is 2.66. The monoisotopic (exact) mass is 255 g/mol. The maximum absolute atomic E-state index is 11.8. The number of carbonyl (C=O) groups is 1. The summed E-state index contributed by atoms with van der Waals surface area (Å²) in [4.78, 5) is 21.4. The number of fused-ring (bicyclic) bond motifs is 1. The van der Waals surface area contributed by atoms with Crippen LogP contribution in [0.5, 0.6) is 0 Å². The van der Waals surface area contributed by atoms with Gasteiger partial charge >= 0.3 is 0 Å². The van der Waals surface area contributed by atoms with Gasteiger partial charge in [-0.3, -0.25) is 4.79 Å². The molecule has 3 heterocycles. The first kappa shape index (κ1) is 12.0. The molecule has 0 radical (unpaired) electrons. The van der Waals surface area contributed by atoms with Gasteiger partial charge in [0.25, 0.3) is 0 Å². The first-order valence-corrected chi connectivity index (χ1v) is 6.63. The number of amides is 1. The van der Waals surface area contributed by atoms with Crippen molar-refractivity contribution in [3.05, 3.63) is 42.2 Å². The van der Waals surface area contributed by atoms with E-state index < -0.39 is 0 Å². The molecule has 1 amide bonds. The number of pyridine rings is 1. The molecule has 2 aromatic heterocycles. The van der Waals surface area contributed by atoms with E-state index in [0.717, 1.165) is 30.5 Å². The number of likely N-dealkylation sites (tertiary alicyclic amines) is 1. The predicted molar refractivity (Wildman–Crippen MR) is 74.8 cm³/mol. The lowest BCUT2D eigenvalue weighted by Crippen LogP contribution is -2.26. The van der Waals surface area contributed by atoms with Crippen molar-refractivity contribution in [3.8, 4) is 0 Å². The van der Waals surface area contributed by atoms with E-state index in [-0.39, 0.29) is 5.91 Å². The van der Waals surface area contributed by atoms with E-state index in [2.05, 4.69) is 22.1 Å². The summed E-state index contributed by atoms with van der Waals surface area (Å²) >= 11 is 0. The van der Waals surface area contributed by atoms with Crippen LogP contribution in [0.4, 0.5) is 0 Å². The highest BCUT2D eigenvalue weighted by Crippen LogP contribution is 2.28. The minimum absolute atomic E-state index is 0.110. The van der Waals surface area contributed by atoms with Crippen molar-refractivity contribution in [1.29, 1.82) is 0 Å². The molecule has 1 atom stereocenters. The number of allylic oxidation sites excluding steroid dienone is 1. The second-order valence-electron chi connectivity index (χ2n) is 4.94. The highest BCUT2D eigenvalue weighted by atomic mass is 16.2. The van der Waals surface area contributed by atoms with E-state index in [0.29, 0.717) is 5.92 Å². The molecule has 1 saturated heterocycles. The Morgan fingerprint density at radius 1 is 1.58 bits per heavy atom. The number of carbonyl (C=O) groups excluding carboxylic acids is 1. The van der Waals surface area contributed by atoms with Gasteiger partial charge in [-0.05, 0) is 37.6 Å². The Bertz CT molecular complexity index is 596. The molecule has 1 N–H and O–H groups in total. The summed E-state index contributed by atoms with van der Waals surface area (Å²) in [5, 5.41) is 1.13. The first-order valence-electron chi connectivity index (χ1n) is 6.63. The zero-order valence-corrected chi connectivity index (χ0v) is 11.0. The van der Waals surface area contributed by atoms with Gasteiger partial charge in [0.2, 0.25) is 5.91 Å². The lowest BCUT2D eigenvalue weighted by atomic mass is 10.1. The van der Waals surface area contributed by atoms with Gasteiger partial charge in [-0.2, -0.15) is 0 Å². The summed E-state index contributed by atoms with van der Waals surface area (Å²) in [6.45, 7) is 3.49. The van der Waals surface area contributed by atoms with Gasteiger partial charge in [0.05, 0.1) is 0 Å². The highest BCUT2D eigenvalue weighted by molar-refractivity contribution is 5.87. The standard InChI is InChI=1S/C15H17N3O/c1-2-4-14(19)18-8-6-12(10-18)13-9-11-5-3-7-16-15(11)17-13/h2-5,7,9,12H,6,8,10H2,1H3,(H,16,17)/b4-2+. The Balaban J connectivity index is 1.79. The SMILES string of the molecule is C/C=C/C(=O)N1CCC(c2cc3cccnc3[nH]2)C1. The van der Waals surface area contributed by atoms with Crippen molar-refractivity contribution in [1.82, 2.24) is 14.9 Å². The van der Waals surface area contributed by atoms with Crippen LogP contribution in [0.25, 0.3) is 11.0 Å². The zero-order chi connectivity index (χ0) is 13.2. The van der Waals surface area contributed by atoms with E-state index in [9.17, 15) is 4.79 Å². The maximum atomic E-state index is 11.8. The van der Waals surface area contributed by atoms with Crippen molar-refractivity contribution >= 4 is 16.9 Å². The van der Waals surface area contributed by atoms with Crippen LogP contribution < -0.4 is 0 Å². The average Bonchev–Trinajstić information content (AvgIpc) is 3.05. The summed E-state index contributed by atoms with van der Waals surface area (Å²) in [7, 11) is 0. The fraction of sp³-hybridized carbons (Fsp3) is 0.333. The van der Waals surface area contributed by atoms with Crippen LogP contribution >= 0.6 is 0 Å². The number of hydrogen-bond acceptors (Lipinski definition) is 2. The van der Waals surface area contributed by atoms with Crippen molar-refractivity contribution in [2.24, 2.45) is 0 Å². The third-order valence-electron chi connectivity index (χ3n) is 3.66. The topological polar surface area (TPSA) is 49.0 Å². The van der Waals surface area contributed by atoms with Gasteiger partial charge in [0.1, 0.15) is 5.65 Å². The second-order valence-corrected chi connectivity index (χ2v) is 4.94. The van der Waals surface area contributed by atoms with Crippen LogP contribution in [-0.4, -0.2) is 33.9 Å². The van der Waals surface area contributed by atoms with Crippen molar-refractivity contribution in [2.45, 2.75) is 19.3 Å². The third-order valence-corrected chi connectivity index (χ3v) is 3.66. The molecule has 1 fully saturated rings. The molecule has 0 spiro atoms. The molecule has 2 aromatic rings. The molecule has 19 heavy (non-hydrogen) atoms. The smallest absolute Gasteiger partial charge is 0.246 e. The Morgan fingerprint density at radius 3 is 3.26 bits per heavy atom. The Morgan fingerprint density at radius 2 is 2.47 bits per heavy atom. The quantitative estimate of drug-likeness (QED) is 0.838. The molecular weight excluding hydrogens is 238 g/mol. The number of nitrogens with one attached hydrogen (secondary N) is 1. The zero-order valence-electron chi connectivity index (χ0n) is 11.0. The van der Waals surface area contributed by atoms with Crippen LogP contribution in [0.2, 0.25) is 0 Å². The molecule has 1 aliphatic rings. The van der Waals surface area contributed by atoms with Crippen LogP contribution in [0.1, 0.15) is 25.0 Å². The maximum Gasteiger partial charge on any atom is 0.246 e. The minimum atomic E-state index is 0.110. The van der Waals surface area contributed by atoms with Crippen LogP contribution in [0, 0.1) is 0 Å². The highest BCUT2D eigenvalue weighted by Gasteiger charge is 2.27. The Kier molecular flexibility index (Phi) is 3.07. The number of rotatable bonds is 2. The average molecular weight is 255 g/mol. The van der Waals surface area contributed by atoms with Gasteiger partial charge in [0.15, 0.2) is 0 Å². The summed E-state index contributed by atoms with van der Waals surface area (Å²) in [6.07, 6.45) is 6.23. The van der Waals surface area contributed by atoms with Gasteiger partial charge in [-0.15, -0.1) is 0 Å². The molecule has 3 rings (SSSR count). The molecule has 4 nitrogen and oxygen atoms in total. The van der Waals surface area contributed by atoms with E-state index in [1.54, 1.807) is 18.3 Å². The summed E-state index contributed by atoms with van der Waals surface area (Å²) < 4.78 is 0. The second kappa shape index (κ2) is 4.88.